The van der Waals surface area contributed by atoms with Crippen LogP contribution in [0.4, 0.5) is 0 Å². The topological polar surface area (TPSA) is 63.0 Å². The minimum absolute atomic E-state index is 0.0348. The van der Waals surface area contributed by atoms with Gasteiger partial charge in [-0.15, -0.1) is 0 Å². The molecule has 192 valence electrons. The lowest BCUT2D eigenvalue weighted by Gasteiger charge is -2.27. The third-order valence-electron chi connectivity index (χ3n) is 6.16. The molecule has 1 aromatic heterocycles. The number of carbonyl (C=O) groups excluding carboxylic acids is 2. The highest BCUT2D eigenvalue weighted by Gasteiger charge is 2.23. The van der Waals surface area contributed by atoms with Crippen LogP contribution >= 0.6 is 0 Å². The Balaban J connectivity index is 1.74. The van der Waals surface area contributed by atoms with Crippen LogP contribution in [0.3, 0.4) is 0 Å². The van der Waals surface area contributed by atoms with E-state index in [9.17, 15) is 9.59 Å². The van der Waals surface area contributed by atoms with E-state index in [1.165, 1.54) is 18.4 Å². The van der Waals surface area contributed by atoms with Gasteiger partial charge in [0.15, 0.2) is 0 Å². The summed E-state index contributed by atoms with van der Waals surface area (Å²) in [4.78, 5) is 30.2. The summed E-state index contributed by atoms with van der Waals surface area (Å²) in [5.74, 6) is 1.19. The zero-order chi connectivity index (χ0) is 25.8. The van der Waals surface area contributed by atoms with Crippen LogP contribution in [0.2, 0.25) is 0 Å². The fourth-order valence-corrected chi connectivity index (χ4v) is 4.09. The minimum atomic E-state index is -0.172. The number of hydrogen-bond donors (Lipinski definition) is 0. The summed E-state index contributed by atoms with van der Waals surface area (Å²) in [6.07, 6.45) is 4.53. The monoisotopic (exact) mass is 490 g/mol. The molecule has 0 atom stereocenters. The van der Waals surface area contributed by atoms with Crippen molar-refractivity contribution < 1.29 is 18.7 Å². The van der Waals surface area contributed by atoms with Crippen molar-refractivity contribution in [2.75, 3.05) is 26.8 Å². The standard InChI is InChI=1S/C30H38N2O4/c1-4-5-7-10-25-14-16-27(17-15-25)30(34)31(19-20-35-3)23-29(33)32(21-26-11-8-6-9-12-26)22-28-18-13-24(2)36-28/h6,8-9,11-18H,4-5,7,10,19-23H2,1-3H3. The Bertz CT molecular complexity index is 1080. The van der Waals surface area contributed by atoms with Crippen molar-refractivity contribution in [2.45, 2.75) is 52.6 Å². The number of ether oxygens (including phenoxy) is 1. The average molecular weight is 491 g/mol. The number of furan rings is 1. The Labute approximate surface area is 214 Å². The van der Waals surface area contributed by atoms with Crippen molar-refractivity contribution in [3.63, 3.8) is 0 Å². The summed E-state index contributed by atoms with van der Waals surface area (Å²) in [5, 5.41) is 0. The molecule has 0 fully saturated rings. The van der Waals surface area contributed by atoms with Gasteiger partial charge in [-0.1, -0.05) is 62.2 Å². The number of unbranched alkanes of at least 4 members (excludes halogenated alkanes) is 2. The number of benzene rings is 2. The second-order valence-corrected chi connectivity index (χ2v) is 9.12. The maximum absolute atomic E-state index is 13.5. The highest BCUT2D eigenvalue weighted by atomic mass is 16.5. The van der Waals surface area contributed by atoms with E-state index in [2.05, 4.69) is 6.92 Å². The first-order valence-electron chi connectivity index (χ1n) is 12.7. The van der Waals surface area contributed by atoms with Gasteiger partial charge in [0.25, 0.3) is 5.91 Å². The number of nitrogens with zero attached hydrogens (tertiary/aromatic N) is 2. The Morgan fingerprint density at radius 1 is 0.861 bits per heavy atom. The zero-order valence-electron chi connectivity index (χ0n) is 21.7. The van der Waals surface area contributed by atoms with Crippen molar-refractivity contribution >= 4 is 11.8 Å². The van der Waals surface area contributed by atoms with E-state index in [1.54, 1.807) is 16.9 Å². The van der Waals surface area contributed by atoms with Crippen LogP contribution < -0.4 is 0 Å². The van der Waals surface area contributed by atoms with Gasteiger partial charge in [-0.05, 0) is 55.2 Å². The summed E-state index contributed by atoms with van der Waals surface area (Å²) < 4.78 is 11.0. The lowest BCUT2D eigenvalue weighted by molar-refractivity contribution is -0.133. The Morgan fingerprint density at radius 3 is 2.25 bits per heavy atom. The molecule has 6 nitrogen and oxygen atoms in total. The Hall–Kier alpha value is -3.38. The van der Waals surface area contributed by atoms with Crippen LogP contribution in [-0.4, -0.2) is 48.4 Å². The highest BCUT2D eigenvalue weighted by molar-refractivity contribution is 5.96. The number of carbonyl (C=O) groups is 2. The molecular weight excluding hydrogens is 452 g/mol. The van der Waals surface area contributed by atoms with Gasteiger partial charge in [-0.2, -0.15) is 0 Å². The van der Waals surface area contributed by atoms with Crippen LogP contribution in [0.15, 0.2) is 71.1 Å². The summed E-state index contributed by atoms with van der Waals surface area (Å²) >= 11 is 0. The van der Waals surface area contributed by atoms with Gasteiger partial charge in [0.2, 0.25) is 5.91 Å². The molecule has 2 amide bonds. The third kappa shape index (κ3) is 8.38. The molecule has 0 unspecified atom stereocenters. The van der Waals surface area contributed by atoms with Crippen LogP contribution in [0, 0.1) is 6.92 Å². The van der Waals surface area contributed by atoms with Gasteiger partial charge < -0.3 is 19.0 Å². The first-order chi connectivity index (χ1) is 17.5. The summed E-state index contributed by atoms with van der Waals surface area (Å²) in [6.45, 7) is 5.48. The maximum atomic E-state index is 13.5. The van der Waals surface area contributed by atoms with Gasteiger partial charge >= 0.3 is 0 Å². The van der Waals surface area contributed by atoms with Gasteiger partial charge in [0.1, 0.15) is 18.1 Å². The molecule has 0 aliphatic rings. The normalized spacial score (nSPS) is 10.9. The molecule has 0 spiro atoms. The van der Waals surface area contributed by atoms with Crippen LogP contribution in [0.1, 0.15) is 59.2 Å². The molecule has 3 rings (SSSR count). The largest absolute Gasteiger partial charge is 0.464 e. The van der Waals surface area contributed by atoms with Crippen molar-refractivity contribution in [3.8, 4) is 0 Å². The molecule has 0 aliphatic heterocycles. The van der Waals surface area contributed by atoms with E-state index < -0.39 is 0 Å². The average Bonchev–Trinajstić information content (AvgIpc) is 3.31. The molecular formula is C30H38N2O4. The second-order valence-electron chi connectivity index (χ2n) is 9.12. The second kappa shape index (κ2) is 14.2. The van der Waals surface area contributed by atoms with Crippen LogP contribution in [0.5, 0.6) is 0 Å². The number of aryl methyl sites for hydroxylation is 2. The summed E-state index contributed by atoms with van der Waals surface area (Å²) in [6, 6.07) is 21.4. The van der Waals surface area contributed by atoms with E-state index in [1.807, 2.05) is 73.7 Å². The first kappa shape index (κ1) is 27.2. The van der Waals surface area contributed by atoms with Gasteiger partial charge in [-0.25, -0.2) is 0 Å². The van der Waals surface area contributed by atoms with Gasteiger partial charge in [0, 0.05) is 25.8 Å². The number of methoxy groups -OCH3 is 1. The van der Waals surface area contributed by atoms with Crippen LogP contribution in [0.25, 0.3) is 0 Å². The van der Waals surface area contributed by atoms with Crippen molar-refractivity contribution in [3.05, 3.63) is 94.9 Å². The van der Waals surface area contributed by atoms with E-state index >= 15 is 0 Å². The molecule has 2 aromatic carbocycles. The lowest BCUT2D eigenvalue weighted by atomic mass is 10.0. The SMILES string of the molecule is CCCCCc1ccc(C(=O)N(CCOC)CC(=O)N(Cc2ccccc2)Cc2ccc(C)o2)cc1. The Kier molecular flexibility index (Phi) is 10.8. The molecule has 1 heterocycles. The highest BCUT2D eigenvalue weighted by Crippen LogP contribution is 2.15. The smallest absolute Gasteiger partial charge is 0.254 e. The lowest BCUT2D eigenvalue weighted by Crippen LogP contribution is -2.43. The quantitative estimate of drug-likeness (QED) is 0.275. The summed E-state index contributed by atoms with van der Waals surface area (Å²) in [5.41, 5.74) is 2.82. The third-order valence-corrected chi connectivity index (χ3v) is 6.16. The molecule has 36 heavy (non-hydrogen) atoms. The molecule has 3 aromatic rings. The van der Waals surface area contributed by atoms with Crippen molar-refractivity contribution in [1.82, 2.24) is 9.80 Å². The summed E-state index contributed by atoms with van der Waals surface area (Å²) in [7, 11) is 1.59. The number of hydrogen-bond acceptors (Lipinski definition) is 4. The fourth-order valence-electron chi connectivity index (χ4n) is 4.09. The van der Waals surface area contributed by atoms with Crippen LogP contribution in [-0.2, 0) is 29.0 Å². The molecule has 0 N–H and O–H groups in total. The van der Waals surface area contributed by atoms with Crippen molar-refractivity contribution in [2.24, 2.45) is 0 Å². The molecule has 0 radical (unpaired) electrons. The van der Waals surface area contributed by atoms with E-state index in [-0.39, 0.29) is 18.4 Å². The van der Waals surface area contributed by atoms with Crippen molar-refractivity contribution in [1.29, 1.82) is 0 Å². The van der Waals surface area contributed by atoms with E-state index in [0.29, 0.717) is 37.6 Å². The van der Waals surface area contributed by atoms with Gasteiger partial charge in [0.05, 0.1) is 13.2 Å². The molecule has 0 saturated carbocycles. The maximum Gasteiger partial charge on any atom is 0.254 e. The molecule has 0 bridgehead atoms. The molecule has 0 saturated heterocycles. The molecule has 0 aliphatic carbocycles. The number of amides is 2. The minimum Gasteiger partial charge on any atom is -0.464 e. The molecule has 6 heteroatoms. The fraction of sp³-hybridized carbons (Fsp3) is 0.400. The number of rotatable bonds is 14. The zero-order valence-corrected chi connectivity index (χ0v) is 21.7. The van der Waals surface area contributed by atoms with E-state index in [0.717, 1.165) is 24.2 Å². The Morgan fingerprint density at radius 2 is 1.61 bits per heavy atom. The predicted molar refractivity (Wildman–Crippen MR) is 142 cm³/mol. The van der Waals surface area contributed by atoms with E-state index in [4.69, 9.17) is 9.15 Å². The van der Waals surface area contributed by atoms with Gasteiger partial charge in [-0.3, -0.25) is 9.59 Å². The first-order valence-corrected chi connectivity index (χ1v) is 12.7. The predicted octanol–water partition coefficient (Wildman–Crippen LogP) is 5.64.